The minimum Gasteiger partial charge on any atom is -0.337 e. The van der Waals surface area contributed by atoms with Gasteiger partial charge in [0.25, 0.3) is 0 Å². The van der Waals surface area contributed by atoms with Crippen molar-refractivity contribution in [3.8, 4) is 0 Å². The zero-order valence-electron chi connectivity index (χ0n) is 10.9. The molecule has 0 aliphatic heterocycles. The molecule has 17 heavy (non-hydrogen) atoms. The molecule has 0 bridgehead atoms. The molecule has 2 rings (SSSR count). The van der Waals surface area contributed by atoms with Crippen LogP contribution in [0.15, 0.2) is 18.7 Å². The van der Waals surface area contributed by atoms with E-state index in [1.54, 1.807) is 0 Å². The number of imidazole rings is 1. The Morgan fingerprint density at radius 2 is 2.29 bits per heavy atom. The zero-order valence-corrected chi connectivity index (χ0v) is 10.9. The van der Waals surface area contributed by atoms with Crippen molar-refractivity contribution < 1.29 is 0 Å². The fourth-order valence-corrected chi connectivity index (χ4v) is 2.50. The third kappa shape index (κ3) is 4.50. The van der Waals surface area contributed by atoms with Gasteiger partial charge in [-0.1, -0.05) is 19.3 Å². The number of hydrogen-bond acceptors (Lipinski definition) is 2. The molecule has 1 atom stereocenters. The second-order valence-electron chi connectivity index (χ2n) is 5.40. The van der Waals surface area contributed by atoms with E-state index in [1.165, 1.54) is 38.5 Å². The summed E-state index contributed by atoms with van der Waals surface area (Å²) >= 11 is 0. The van der Waals surface area contributed by atoms with Crippen LogP contribution in [0.4, 0.5) is 0 Å². The largest absolute Gasteiger partial charge is 0.337 e. The number of rotatable bonds is 8. The van der Waals surface area contributed by atoms with Crippen molar-refractivity contribution in [3.63, 3.8) is 0 Å². The lowest BCUT2D eigenvalue weighted by molar-refractivity contribution is 0.265. The molecule has 1 aliphatic carbocycles. The van der Waals surface area contributed by atoms with Gasteiger partial charge in [-0.25, -0.2) is 4.98 Å². The van der Waals surface area contributed by atoms with Crippen LogP contribution in [-0.4, -0.2) is 22.1 Å². The minimum atomic E-state index is 0.702. The summed E-state index contributed by atoms with van der Waals surface area (Å²) in [6, 6.07) is 0.702. The van der Waals surface area contributed by atoms with Crippen LogP contribution in [0.5, 0.6) is 0 Å². The maximum atomic E-state index is 4.05. The maximum absolute atomic E-state index is 4.05. The van der Waals surface area contributed by atoms with Crippen molar-refractivity contribution in [2.24, 2.45) is 5.92 Å². The molecule has 0 amide bonds. The van der Waals surface area contributed by atoms with Crippen molar-refractivity contribution in [1.82, 2.24) is 14.9 Å². The van der Waals surface area contributed by atoms with Crippen LogP contribution in [0.25, 0.3) is 0 Å². The Morgan fingerprint density at radius 1 is 1.41 bits per heavy atom. The number of aryl methyl sites for hydroxylation is 1. The Bertz CT molecular complexity index is 290. The first-order valence-electron chi connectivity index (χ1n) is 7.03. The summed E-state index contributed by atoms with van der Waals surface area (Å²) in [5.74, 6) is 1.02. The van der Waals surface area contributed by atoms with Crippen LogP contribution in [0.1, 0.15) is 45.4 Å². The highest BCUT2D eigenvalue weighted by Crippen LogP contribution is 2.30. The first-order valence-corrected chi connectivity index (χ1v) is 7.03. The van der Waals surface area contributed by atoms with Crippen molar-refractivity contribution in [2.45, 2.75) is 58.0 Å². The van der Waals surface area contributed by atoms with Crippen LogP contribution in [0, 0.1) is 5.92 Å². The van der Waals surface area contributed by atoms with Crippen molar-refractivity contribution in [3.05, 3.63) is 18.7 Å². The van der Waals surface area contributed by atoms with Gasteiger partial charge in [-0.05, 0) is 38.6 Å². The van der Waals surface area contributed by atoms with E-state index in [9.17, 15) is 0 Å². The number of nitrogens with zero attached hydrogens (tertiary/aromatic N) is 2. The van der Waals surface area contributed by atoms with Crippen molar-refractivity contribution in [1.29, 1.82) is 0 Å². The van der Waals surface area contributed by atoms with E-state index in [-0.39, 0.29) is 0 Å². The molecule has 3 heteroatoms. The normalized spacial score (nSPS) is 17.9. The fraction of sp³-hybridized carbons (Fsp3) is 0.786. The van der Waals surface area contributed by atoms with Crippen LogP contribution in [-0.2, 0) is 6.54 Å². The lowest BCUT2D eigenvalue weighted by Crippen LogP contribution is -2.31. The second kappa shape index (κ2) is 6.80. The Labute approximate surface area is 105 Å². The minimum absolute atomic E-state index is 0.702. The number of unbranched alkanes of at least 4 members (excludes halogenated alkanes) is 1. The van der Waals surface area contributed by atoms with E-state index in [4.69, 9.17) is 0 Å². The Kier molecular flexibility index (Phi) is 5.05. The van der Waals surface area contributed by atoms with E-state index < -0.39 is 0 Å². The zero-order chi connectivity index (χ0) is 11.9. The topological polar surface area (TPSA) is 29.9 Å². The van der Waals surface area contributed by atoms with Gasteiger partial charge in [0.2, 0.25) is 0 Å². The predicted octanol–water partition coefficient (Wildman–Crippen LogP) is 2.83. The number of nitrogens with one attached hydrogen (secondary N) is 1. The van der Waals surface area contributed by atoms with Gasteiger partial charge in [-0.15, -0.1) is 0 Å². The lowest BCUT2D eigenvalue weighted by Gasteiger charge is -2.28. The van der Waals surface area contributed by atoms with Crippen molar-refractivity contribution in [2.75, 3.05) is 6.54 Å². The van der Waals surface area contributed by atoms with Crippen LogP contribution < -0.4 is 5.32 Å². The van der Waals surface area contributed by atoms with Crippen molar-refractivity contribution >= 4 is 0 Å². The van der Waals surface area contributed by atoms with Gasteiger partial charge in [0.1, 0.15) is 0 Å². The first-order chi connectivity index (χ1) is 8.34. The molecule has 1 unspecified atom stereocenters. The number of aromatic nitrogens is 2. The molecule has 0 saturated heterocycles. The third-order valence-electron chi connectivity index (χ3n) is 3.81. The Morgan fingerprint density at radius 3 is 2.94 bits per heavy atom. The van der Waals surface area contributed by atoms with Crippen LogP contribution in [0.2, 0.25) is 0 Å². The summed E-state index contributed by atoms with van der Waals surface area (Å²) in [5.41, 5.74) is 0. The number of hydrogen-bond donors (Lipinski definition) is 1. The van der Waals surface area contributed by atoms with E-state index >= 15 is 0 Å². The van der Waals surface area contributed by atoms with Gasteiger partial charge in [-0.3, -0.25) is 0 Å². The van der Waals surface area contributed by atoms with E-state index in [2.05, 4.69) is 21.8 Å². The Balaban J connectivity index is 1.45. The van der Waals surface area contributed by atoms with Crippen LogP contribution >= 0.6 is 0 Å². The summed E-state index contributed by atoms with van der Waals surface area (Å²) in [5, 5.41) is 3.64. The molecular formula is C14H25N3. The average molecular weight is 235 g/mol. The molecule has 1 aromatic rings. The third-order valence-corrected chi connectivity index (χ3v) is 3.81. The quantitative estimate of drug-likeness (QED) is 0.702. The highest BCUT2D eigenvalue weighted by molar-refractivity contribution is 4.75. The summed E-state index contributed by atoms with van der Waals surface area (Å²) in [4.78, 5) is 4.05. The summed E-state index contributed by atoms with van der Waals surface area (Å²) < 4.78 is 2.15. The molecule has 96 valence electrons. The maximum Gasteiger partial charge on any atom is 0.0945 e. The fourth-order valence-electron chi connectivity index (χ4n) is 2.50. The van der Waals surface area contributed by atoms with Gasteiger partial charge in [0.05, 0.1) is 6.33 Å². The molecule has 0 aromatic carbocycles. The highest BCUT2D eigenvalue weighted by Gasteiger charge is 2.19. The van der Waals surface area contributed by atoms with E-state index in [1.807, 2.05) is 18.7 Å². The lowest BCUT2D eigenvalue weighted by atomic mass is 9.81. The molecule has 1 aromatic heterocycles. The molecule has 1 saturated carbocycles. The van der Waals surface area contributed by atoms with Gasteiger partial charge in [-0.2, -0.15) is 0 Å². The standard InChI is InChI=1S/C14H25N3/c1-13(11-14-5-4-6-14)16-7-2-3-9-17-10-8-15-12-17/h8,10,12-14,16H,2-7,9,11H2,1H3. The average Bonchev–Trinajstić information content (AvgIpc) is 2.76. The first kappa shape index (κ1) is 12.6. The molecule has 3 nitrogen and oxygen atoms in total. The predicted molar refractivity (Wildman–Crippen MR) is 70.9 cm³/mol. The monoisotopic (exact) mass is 235 g/mol. The van der Waals surface area contributed by atoms with Gasteiger partial charge < -0.3 is 9.88 Å². The molecule has 1 aliphatic rings. The van der Waals surface area contributed by atoms with E-state index in [0.717, 1.165) is 19.0 Å². The van der Waals surface area contributed by atoms with E-state index in [0.29, 0.717) is 6.04 Å². The highest BCUT2D eigenvalue weighted by atomic mass is 15.0. The van der Waals surface area contributed by atoms with Gasteiger partial charge in [0.15, 0.2) is 0 Å². The molecular weight excluding hydrogens is 210 g/mol. The SMILES string of the molecule is CC(CC1CCC1)NCCCCn1ccnc1. The molecule has 1 heterocycles. The summed E-state index contributed by atoms with van der Waals surface area (Å²) in [6.07, 6.45) is 14.0. The van der Waals surface area contributed by atoms with Crippen LogP contribution in [0.3, 0.4) is 0 Å². The van der Waals surface area contributed by atoms with Gasteiger partial charge in [0, 0.05) is 25.0 Å². The summed E-state index contributed by atoms with van der Waals surface area (Å²) in [7, 11) is 0. The second-order valence-corrected chi connectivity index (χ2v) is 5.40. The summed E-state index contributed by atoms with van der Waals surface area (Å²) in [6.45, 7) is 4.58. The smallest absolute Gasteiger partial charge is 0.0945 e. The van der Waals surface area contributed by atoms with Gasteiger partial charge >= 0.3 is 0 Å². The molecule has 0 spiro atoms. The Hall–Kier alpha value is -0.830. The molecule has 1 fully saturated rings. The molecule has 1 N–H and O–H groups in total. The molecule has 0 radical (unpaired) electrons.